The number of anilines is 1. The zero-order chi connectivity index (χ0) is 25.1. The van der Waals surface area contributed by atoms with E-state index in [1.165, 1.54) is 37.7 Å². The van der Waals surface area contributed by atoms with E-state index in [-0.39, 0.29) is 17.7 Å². The normalized spacial score (nSPS) is 21.7. The lowest BCUT2D eigenvalue weighted by Gasteiger charge is -2.33. The van der Waals surface area contributed by atoms with E-state index in [9.17, 15) is 9.59 Å². The first-order chi connectivity index (χ1) is 17.5. The molecule has 6 heteroatoms. The summed E-state index contributed by atoms with van der Waals surface area (Å²) in [6.45, 7) is 4.05. The topological polar surface area (TPSA) is 43.9 Å². The maximum absolute atomic E-state index is 13.7. The fourth-order valence-electron chi connectivity index (χ4n) is 6.18. The van der Waals surface area contributed by atoms with Crippen LogP contribution in [0.2, 0.25) is 5.02 Å². The van der Waals surface area contributed by atoms with Crippen molar-refractivity contribution in [3.63, 3.8) is 0 Å². The third kappa shape index (κ3) is 5.63. The minimum atomic E-state index is 0.0276. The Balaban J connectivity index is 1.35. The zero-order valence-corrected chi connectivity index (χ0v) is 22.2. The second-order valence-electron chi connectivity index (χ2n) is 10.8. The third-order valence-corrected chi connectivity index (χ3v) is 8.65. The van der Waals surface area contributed by atoms with Gasteiger partial charge in [0.25, 0.3) is 5.91 Å². The molecule has 0 bridgehead atoms. The summed E-state index contributed by atoms with van der Waals surface area (Å²) in [6, 6.07) is 14.1. The standard InChI is InChI=1S/C30H38ClN3O2/c1-32-16-18-33(19-17-32)29(35)20-25-8-5-15-34(28-14-13-26(31)21-27(25)28)30(36)24-11-9-23(10-12-24)22-6-3-2-4-7-22/h9-14,21-22,25H,2-8,15-20H2,1H3. The number of halogens is 1. The van der Waals surface area contributed by atoms with E-state index in [4.69, 9.17) is 11.6 Å². The number of nitrogens with zero attached hydrogens (tertiary/aromatic N) is 3. The molecule has 2 amide bonds. The number of benzene rings is 2. The number of fused-ring (bicyclic) bond motifs is 1. The van der Waals surface area contributed by atoms with Gasteiger partial charge in [-0.05, 0) is 86.0 Å². The summed E-state index contributed by atoms with van der Waals surface area (Å²) in [6.07, 6.45) is 8.65. The molecule has 1 saturated carbocycles. The van der Waals surface area contributed by atoms with Crippen molar-refractivity contribution in [3.8, 4) is 0 Å². The quantitative estimate of drug-likeness (QED) is 0.504. The summed E-state index contributed by atoms with van der Waals surface area (Å²) < 4.78 is 0. The second kappa shape index (κ2) is 11.4. The maximum atomic E-state index is 13.7. The zero-order valence-electron chi connectivity index (χ0n) is 21.4. The van der Waals surface area contributed by atoms with Crippen LogP contribution in [0.3, 0.4) is 0 Å². The van der Waals surface area contributed by atoms with Crippen molar-refractivity contribution >= 4 is 29.1 Å². The van der Waals surface area contributed by atoms with Crippen molar-refractivity contribution in [1.82, 2.24) is 9.80 Å². The van der Waals surface area contributed by atoms with E-state index < -0.39 is 0 Å². The van der Waals surface area contributed by atoms with Crippen molar-refractivity contribution in [2.24, 2.45) is 0 Å². The fourth-order valence-corrected chi connectivity index (χ4v) is 6.36. The number of hydrogen-bond acceptors (Lipinski definition) is 3. The number of carbonyl (C=O) groups is 2. The van der Waals surface area contributed by atoms with E-state index >= 15 is 0 Å². The van der Waals surface area contributed by atoms with Gasteiger partial charge in [0.2, 0.25) is 5.91 Å². The summed E-state index contributed by atoms with van der Waals surface area (Å²) in [5, 5.41) is 0.650. The average molecular weight is 508 g/mol. The molecule has 0 radical (unpaired) electrons. The summed E-state index contributed by atoms with van der Waals surface area (Å²) in [5.74, 6) is 0.928. The van der Waals surface area contributed by atoms with Gasteiger partial charge >= 0.3 is 0 Å². The molecule has 1 saturated heterocycles. The number of carbonyl (C=O) groups excluding carboxylic acids is 2. The van der Waals surface area contributed by atoms with Gasteiger partial charge in [-0.1, -0.05) is 43.0 Å². The van der Waals surface area contributed by atoms with E-state index in [2.05, 4.69) is 24.1 Å². The molecule has 0 aromatic heterocycles. The van der Waals surface area contributed by atoms with Crippen molar-refractivity contribution < 1.29 is 9.59 Å². The Bertz CT molecular complexity index is 1070. The van der Waals surface area contributed by atoms with Gasteiger partial charge in [0, 0.05) is 55.4 Å². The first-order valence-corrected chi connectivity index (χ1v) is 14.0. The Morgan fingerprint density at radius 3 is 2.31 bits per heavy atom. The monoisotopic (exact) mass is 507 g/mol. The molecule has 5 nitrogen and oxygen atoms in total. The Morgan fingerprint density at radius 2 is 1.58 bits per heavy atom. The molecule has 3 aliphatic rings. The predicted octanol–water partition coefficient (Wildman–Crippen LogP) is 6.08. The molecule has 1 atom stereocenters. The predicted molar refractivity (Wildman–Crippen MR) is 146 cm³/mol. The maximum Gasteiger partial charge on any atom is 0.258 e. The van der Waals surface area contributed by atoms with E-state index in [1.54, 1.807) is 0 Å². The van der Waals surface area contributed by atoms with Crippen LogP contribution in [-0.4, -0.2) is 61.4 Å². The van der Waals surface area contributed by atoms with E-state index in [0.29, 0.717) is 23.9 Å². The molecular weight excluding hydrogens is 470 g/mol. The Hall–Kier alpha value is -2.37. The first-order valence-electron chi connectivity index (χ1n) is 13.7. The number of piperazine rings is 1. The van der Waals surface area contributed by atoms with Crippen molar-refractivity contribution in [2.75, 3.05) is 44.7 Å². The van der Waals surface area contributed by atoms with Crippen LogP contribution in [-0.2, 0) is 4.79 Å². The highest BCUT2D eigenvalue weighted by molar-refractivity contribution is 6.30. The second-order valence-corrected chi connectivity index (χ2v) is 11.3. The lowest BCUT2D eigenvalue weighted by Crippen LogP contribution is -2.47. The number of likely N-dealkylation sites (N-methyl/N-ethyl adjacent to an activating group) is 1. The molecule has 2 aliphatic heterocycles. The van der Waals surface area contributed by atoms with Gasteiger partial charge in [-0.25, -0.2) is 0 Å². The first kappa shape index (κ1) is 25.3. The number of amides is 2. The van der Waals surface area contributed by atoms with Gasteiger partial charge < -0.3 is 14.7 Å². The highest BCUT2D eigenvalue weighted by Gasteiger charge is 2.30. The van der Waals surface area contributed by atoms with Gasteiger partial charge in [0.05, 0.1) is 0 Å². The van der Waals surface area contributed by atoms with E-state index in [0.717, 1.165) is 55.8 Å². The van der Waals surface area contributed by atoms with Crippen molar-refractivity contribution in [3.05, 3.63) is 64.2 Å². The molecular formula is C30H38ClN3O2. The molecule has 1 aliphatic carbocycles. The smallest absolute Gasteiger partial charge is 0.258 e. The lowest BCUT2D eigenvalue weighted by molar-refractivity contribution is -0.133. The van der Waals surface area contributed by atoms with Crippen LogP contribution in [0.1, 0.15) is 84.7 Å². The van der Waals surface area contributed by atoms with Gasteiger partial charge in [0.1, 0.15) is 0 Å². The van der Waals surface area contributed by atoms with Gasteiger partial charge in [-0.15, -0.1) is 0 Å². The van der Waals surface area contributed by atoms with Crippen LogP contribution in [0.15, 0.2) is 42.5 Å². The summed E-state index contributed by atoms with van der Waals surface area (Å²) in [4.78, 5) is 33.0. The number of hydrogen-bond donors (Lipinski definition) is 0. The van der Waals surface area contributed by atoms with Crippen LogP contribution < -0.4 is 4.90 Å². The molecule has 36 heavy (non-hydrogen) atoms. The van der Waals surface area contributed by atoms with Crippen LogP contribution >= 0.6 is 11.6 Å². The third-order valence-electron chi connectivity index (χ3n) is 8.41. The minimum absolute atomic E-state index is 0.0276. The molecule has 192 valence electrons. The fraction of sp³-hybridized carbons (Fsp3) is 0.533. The van der Waals surface area contributed by atoms with Crippen LogP contribution in [0.4, 0.5) is 5.69 Å². The molecule has 2 fully saturated rings. The van der Waals surface area contributed by atoms with Gasteiger partial charge in [-0.2, -0.15) is 0 Å². The van der Waals surface area contributed by atoms with Crippen LogP contribution in [0.25, 0.3) is 0 Å². The van der Waals surface area contributed by atoms with Crippen LogP contribution in [0, 0.1) is 0 Å². The highest BCUT2D eigenvalue weighted by Crippen LogP contribution is 2.39. The lowest BCUT2D eigenvalue weighted by atomic mass is 9.84. The van der Waals surface area contributed by atoms with Crippen molar-refractivity contribution in [2.45, 2.75) is 63.2 Å². The van der Waals surface area contributed by atoms with Gasteiger partial charge in [0.15, 0.2) is 0 Å². The Kier molecular flexibility index (Phi) is 7.97. The highest BCUT2D eigenvalue weighted by atomic mass is 35.5. The molecule has 0 spiro atoms. The van der Waals surface area contributed by atoms with Crippen molar-refractivity contribution in [1.29, 1.82) is 0 Å². The minimum Gasteiger partial charge on any atom is -0.340 e. The molecule has 2 aromatic rings. The molecule has 2 heterocycles. The molecule has 0 N–H and O–H groups in total. The molecule has 1 unspecified atom stereocenters. The van der Waals surface area contributed by atoms with E-state index in [1.807, 2.05) is 40.1 Å². The summed E-state index contributed by atoms with van der Waals surface area (Å²) in [5.41, 5.74) is 4.00. The Morgan fingerprint density at radius 1 is 0.861 bits per heavy atom. The largest absolute Gasteiger partial charge is 0.340 e. The Labute approximate surface area is 220 Å². The van der Waals surface area contributed by atoms with Gasteiger partial charge in [-0.3, -0.25) is 9.59 Å². The SMILES string of the molecule is CN1CCN(C(=O)CC2CCCN(C(=O)c3ccc(C4CCCCC4)cc3)c3ccc(Cl)cc32)CC1. The molecule has 5 rings (SSSR count). The molecule has 2 aromatic carbocycles. The summed E-state index contributed by atoms with van der Waals surface area (Å²) >= 11 is 6.43. The summed E-state index contributed by atoms with van der Waals surface area (Å²) in [7, 11) is 2.10. The number of rotatable bonds is 4. The average Bonchev–Trinajstić information content (AvgIpc) is 3.08. The van der Waals surface area contributed by atoms with Crippen LogP contribution in [0.5, 0.6) is 0 Å².